The number of halogens is 1. The molecule has 1 heterocycles. The first-order valence-electron chi connectivity index (χ1n) is 8.89. The Morgan fingerprint density at radius 3 is 2.56 bits per heavy atom. The summed E-state index contributed by atoms with van der Waals surface area (Å²) >= 11 is 3.31. The summed E-state index contributed by atoms with van der Waals surface area (Å²) in [6.45, 7) is 3.17. The zero-order valence-electron chi connectivity index (χ0n) is 15.0. The van der Waals surface area contributed by atoms with Gasteiger partial charge < -0.3 is 10.2 Å². The summed E-state index contributed by atoms with van der Waals surface area (Å²) in [5.74, 6) is 0.433. The third kappa shape index (κ3) is 6.40. The maximum absolute atomic E-state index is 12.6. The molecule has 7 heteroatoms. The van der Waals surface area contributed by atoms with E-state index in [1.165, 1.54) is 19.3 Å². The standard InChI is InChI=1S/C18H27BrN4O2/c1-3-23(15-7-5-4-6-8-15)18(25)13-22(2)12-17(24)21-16-10-9-14(19)11-20-16/h9-11,15H,3-8,12-13H2,1-2H3,(H,20,21,24). The molecule has 1 saturated carbocycles. The van der Waals surface area contributed by atoms with Gasteiger partial charge in [0.15, 0.2) is 0 Å². The molecular weight excluding hydrogens is 384 g/mol. The molecule has 1 aliphatic rings. The molecule has 0 spiro atoms. The summed E-state index contributed by atoms with van der Waals surface area (Å²) in [6.07, 6.45) is 7.50. The van der Waals surface area contributed by atoms with E-state index in [9.17, 15) is 9.59 Å². The SMILES string of the molecule is CCN(C(=O)CN(C)CC(=O)Nc1ccc(Br)cn1)C1CCCCC1. The lowest BCUT2D eigenvalue weighted by molar-refractivity contribution is -0.135. The molecule has 138 valence electrons. The second kappa shape index (κ2) is 9.87. The number of rotatable bonds is 7. The molecule has 1 aromatic heterocycles. The fourth-order valence-electron chi connectivity index (χ4n) is 3.29. The first kappa shape index (κ1) is 19.8. The number of aromatic nitrogens is 1. The number of carbonyl (C=O) groups excluding carboxylic acids is 2. The quantitative estimate of drug-likeness (QED) is 0.750. The van der Waals surface area contributed by atoms with Crippen molar-refractivity contribution >= 4 is 33.6 Å². The zero-order valence-corrected chi connectivity index (χ0v) is 16.6. The van der Waals surface area contributed by atoms with Gasteiger partial charge >= 0.3 is 0 Å². The van der Waals surface area contributed by atoms with E-state index in [0.717, 1.165) is 23.9 Å². The fraction of sp³-hybridized carbons (Fsp3) is 0.611. The van der Waals surface area contributed by atoms with Gasteiger partial charge in [-0.3, -0.25) is 14.5 Å². The van der Waals surface area contributed by atoms with Gasteiger partial charge in [-0.2, -0.15) is 0 Å². The van der Waals surface area contributed by atoms with Gasteiger partial charge in [-0.1, -0.05) is 19.3 Å². The molecule has 1 aliphatic carbocycles. The second-order valence-corrected chi connectivity index (χ2v) is 7.47. The van der Waals surface area contributed by atoms with Crippen LogP contribution in [0, 0.1) is 0 Å². The Balaban J connectivity index is 1.81. The molecule has 0 radical (unpaired) electrons. The van der Waals surface area contributed by atoms with Crippen LogP contribution in [0.1, 0.15) is 39.0 Å². The van der Waals surface area contributed by atoms with Crippen LogP contribution in [0.25, 0.3) is 0 Å². The van der Waals surface area contributed by atoms with Crippen LogP contribution in [0.3, 0.4) is 0 Å². The lowest BCUT2D eigenvalue weighted by Crippen LogP contribution is -2.46. The van der Waals surface area contributed by atoms with E-state index in [0.29, 0.717) is 11.9 Å². The highest BCUT2D eigenvalue weighted by Crippen LogP contribution is 2.22. The second-order valence-electron chi connectivity index (χ2n) is 6.55. The lowest BCUT2D eigenvalue weighted by atomic mass is 9.94. The molecule has 0 aromatic carbocycles. The maximum atomic E-state index is 12.6. The predicted octanol–water partition coefficient (Wildman–Crippen LogP) is 2.90. The monoisotopic (exact) mass is 410 g/mol. The topological polar surface area (TPSA) is 65.5 Å². The molecule has 1 aromatic rings. The summed E-state index contributed by atoms with van der Waals surface area (Å²) < 4.78 is 0.857. The van der Waals surface area contributed by atoms with E-state index >= 15 is 0 Å². The predicted molar refractivity (Wildman–Crippen MR) is 102 cm³/mol. The molecule has 1 N–H and O–H groups in total. The Kier molecular flexibility index (Phi) is 7.84. The number of nitrogens with one attached hydrogen (secondary N) is 1. The van der Waals surface area contributed by atoms with E-state index in [2.05, 4.69) is 26.2 Å². The van der Waals surface area contributed by atoms with Gasteiger partial charge in [0.05, 0.1) is 13.1 Å². The first-order chi connectivity index (χ1) is 12.0. The van der Waals surface area contributed by atoms with Gasteiger partial charge in [0.1, 0.15) is 5.82 Å². The number of likely N-dealkylation sites (N-methyl/N-ethyl adjacent to an activating group) is 2. The van der Waals surface area contributed by atoms with Gasteiger partial charge in [0.25, 0.3) is 0 Å². The highest BCUT2D eigenvalue weighted by molar-refractivity contribution is 9.10. The van der Waals surface area contributed by atoms with E-state index in [4.69, 9.17) is 0 Å². The van der Waals surface area contributed by atoms with Crippen LogP contribution < -0.4 is 5.32 Å². The fourth-order valence-corrected chi connectivity index (χ4v) is 3.52. The number of amides is 2. The van der Waals surface area contributed by atoms with Crippen LogP contribution in [-0.2, 0) is 9.59 Å². The van der Waals surface area contributed by atoms with Crippen molar-refractivity contribution in [2.45, 2.75) is 45.1 Å². The van der Waals surface area contributed by atoms with Crippen LogP contribution in [0.2, 0.25) is 0 Å². The van der Waals surface area contributed by atoms with Crippen molar-refractivity contribution in [1.82, 2.24) is 14.8 Å². The largest absolute Gasteiger partial charge is 0.339 e. The van der Waals surface area contributed by atoms with Crippen molar-refractivity contribution in [3.8, 4) is 0 Å². The van der Waals surface area contributed by atoms with Gasteiger partial charge in [-0.25, -0.2) is 4.98 Å². The van der Waals surface area contributed by atoms with Crippen LogP contribution in [0.5, 0.6) is 0 Å². The molecule has 0 atom stereocenters. The van der Waals surface area contributed by atoms with Crippen LogP contribution in [0.15, 0.2) is 22.8 Å². The lowest BCUT2D eigenvalue weighted by Gasteiger charge is -2.34. The number of hydrogen-bond donors (Lipinski definition) is 1. The number of hydrogen-bond acceptors (Lipinski definition) is 4. The van der Waals surface area contributed by atoms with E-state index in [1.54, 1.807) is 24.2 Å². The van der Waals surface area contributed by atoms with Crippen molar-refractivity contribution in [3.05, 3.63) is 22.8 Å². The molecule has 6 nitrogen and oxygen atoms in total. The minimum Gasteiger partial charge on any atom is -0.339 e. The normalized spacial score (nSPS) is 15.2. The minimum absolute atomic E-state index is 0.103. The van der Waals surface area contributed by atoms with Crippen molar-refractivity contribution < 1.29 is 9.59 Å². The summed E-state index contributed by atoms with van der Waals surface area (Å²) in [5.41, 5.74) is 0. The molecule has 2 amide bonds. The molecule has 25 heavy (non-hydrogen) atoms. The van der Waals surface area contributed by atoms with Gasteiger partial charge in [0, 0.05) is 23.3 Å². The third-order valence-corrected chi connectivity index (χ3v) is 4.96. The van der Waals surface area contributed by atoms with E-state index < -0.39 is 0 Å². The Labute approximate surface area is 158 Å². The highest BCUT2D eigenvalue weighted by Gasteiger charge is 2.25. The maximum Gasteiger partial charge on any atom is 0.239 e. The molecule has 0 aliphatic heterocycles. The highest BCUT2D eigenvalue weighted by atomic mass is 79.9. The average Bonchev–Trinajstić information content (AvgIpc) is 2.58. The number of nitrogens with zero attached hydrogens (tertiary/aromatic N) is 3. The van der Waals surface area contributed by atoms with Crippen LogP contribution in [0.4, 0.5) is 5.82 Å². The summed E-state index contributed by atoms with van der Waals surface area (Å²) in [7, 11) is 1.79. The van der Waals surface area contributed by atoms with Gasteiger partial charge in [-0.15, -0.1) is 0 Å². The third-order valence-electron chi connectivity index (χ3n) is 4.49. The average molecular weight is 411 g/mol. The summed E-state index contributed by atoms with van der Waals surface area (Å²) in [6, 6.07) is 3.91. The van der Waals surface area contributed by atoms with Crippen molar-refractivity contribution in [2.75, 3.05) is 32.0 Å². The Morgan fingerprint density at radius 1 is 1.24 bits per heavy atom. The zero-order chi connectivity index (χ0) is 18.2. The summed E-state index contributed by atoms with van der Waals surface area (Å²) in [4.78, 5) is 32.5. The minimum atomic E-state index is -0.175. The van der Waals surface area contributed by atoms with Gasteiger partial charge in [0.2, 0.25) is 11.8 Å². The number of carbonyl (C=O) groups is 2. The molecule has 2 rings (SSSR count). The van der Waals surface area contributed by atoms with Gasteiger partial charge in [-0.05, 0) is 54.9 Å². The van der Waals surface area contributed by atoms with Crippen LogP contribution >= 0.6 is 15.9 Å². The molecule has 0 saturated heterocycles. The van der Waals surface area contributed by atoms with E-state index in [-0.39, 0.29) is 24.9 Å². The van der Waals surface area contributed by atoms with Crippen molar-refractivity contribution in [2.24, 2.45) is 0 Å². The molecular formula is C18H27BrN4O2. The molecule has 0 bridgehead atoms. The Bertz CT molecular complexity index is 573. The smallest absolute Gasteiger partial charge is 0.239 e. The van der Waals surface area contributed by atoms with Crippen LogP contribution in [-0.4, -0.2) is 59.3 Å². The molecule has 0 unspecified atom stereocenters. The molecule has 1 fully saturated rings. The first-order valence-corrected chi connectivity index (χ1v) is 9.68. The van der Waals surface area contributed by atoms with Crippen molar-refractivity contribution in [1.29, 1.82) is 0 Å². The summed E-state index contributed by atoms with van der Waals surface area (Å²) in [5, 5.41) is 2.74. The Hall–Kier alpha value is -1.47. The number of anilines is 1. The van der Waals surface area contributed by atoms with Crippen molar-refractivity contribution in [3.63, 3.8) is 0 Å². The Morgan fingerprint density at radius 2 is 1.96 bits per heavy atom. The van der Waals surface area contributed by atoms with E-state index in [1.807, 2.05) is 17.9 Å². The number of pyridine rings is 1.